The van der Waals surface area contributed by atoms with E-state index in [0.29, 0.717) is 0 Å². The van der Waals surface area contributed by atoms with E-state index >= 15 is 0 Å². The molecule has 0 aromatic rings. The van der Waals surface area contributed by atoms with Gasteiger partial charge in [-0.2, -0.15) is 0 Å². The van der Waals surface area contributed by atoms with Crippen molar-refractivity contribution in [1.29, 1.82) is 0 Å². The van der Waals surface area contributed by atoms with Crippen LogP contribution < -0.4 is 0 Å². The summed E-state index contributed by atoms with van der Waals surface area (Å²) in [5, 5.41) is 0.206. The maximum atomic E-state index is 10.0. The van der Waals surface area contributed by atoms with Crippen molar-refractivity contribution in [2.45, 2.75) is 13.8 Å². The van der Waals surface area contributed by atoms with E-state index in [1.54, 1.807) is 6.92 Å². The molecule has 0 heterocycles. The molecule has 1 nitrogen and oxygen atoms in total. The van der Waals surface area contributed by atoms with Gasteiger partial charge in [-0.05, 0) is 5.75 Å². The molecular formula is C4H9KOS. The Morgan fingerprint density at radius 1 is 1.71 bits per heavy atom. The van der Waals surface area contributed by atoms with Crippen molar-refractivity contribution in [1.82, 2.24) is 0 Å². The molecule has 0 amide bonds. The molecule has 0 radical (unpaired) electrons. The molecule has 0 aliphatic rings. The third kappa shape index (κ3) is 11.3. The Balaban J connectivity index is 0. The van der Waals surface area contributed by atoms with Crippen molar-refractivity contribution in [3.8, 4) is 0 Å². The minimum atomic E-state index is 0. The van der Waals surface area contributed by atoms with Crippen LogP contribution >= 0.6 is 11.8 Å². The molecule has 0 aromatic heterocycles. The van der Waals surface area contributed by atoms with Gasteiger partial charge in [-0.3, -0.25) is 4.79 Å². The fourth-order valence-corrected chi connectivity index (χ4v) is 0.610. The van der Waals surface area contributed by atoms with Crippen molar-refractivity contribution >= 4 is 68.3 Å². The van der Waals surface area contributed by atoms with E-state index in [0.717, 1.165) is 5.75 Å². The second-order valence-corrected chi connectivity index (χ2v) is 2.37. The zero-order chi connectivity index (χ0) is 4.99. The molecule has 0 bridgehead atoms. The first kappa shape index (κ1) is 11.5. The molecule has 0 rings (SSSR count). The zero-order valence-electron chi connectivity index (χ0n) is 4.02. The molecular weight excluding hydrogens is 135 g/mol. The Morgan fingerprint density at radius 3 is 2.14 bits per heavy atom. The number of hydrogen-bond donors (Lipinski definition) is 0. The van der Waals surface area contributed by atoms with Crippen LogP contribution in [0.1, 0.15) is 13.8 Å². The van der Waals surface area contributed by atoms with E-state index in [-0.39, 0.29) is 56.5 Å². The normalized spacial score (nSPS) is 7.14. The van der Waals surface area contributed by atoms with Crippen LogP contribution in [0, 0.1) is 0 Å². The molecule has 0 saturated heterocycles. The molecule has 0 spiro atoms. The van der Waals surface area contributed by atoms with E-state index in [4.69, 9.17) is 0 Å². The molecule has 0 N–H and O–H groups in total. The zero-order valence-corrected chi connectivity index (χ0v) is 4.84. The minimum absolute atomic E-state index is 0. The van der Waals surface area contributed by atoms with Crippen molar-refractivity contribution < 1.29 is 4.79 Å². The van der Waals surface area contributed by atoms with Gasteiger partial charge >= 0.3 is 51.4 Å². The monoisotopic (exact) mass is 144 g/mol. The third-order valence-electron chi connectivity index (χ3n) is 0.348. The van der Waals surface area contributed by atoms with E-state index in [1.165, 1.54) is 11.8 Å². The Labute approximate surface area is 91.0 Å². The van der Waals surface area contributed by atoms with Gasteiger partial charge in [0.05, 0.1) is 0 Å². The van der Waals surface area contributed by atoms with Crippen LogP contribution in [0.25, 0.3) is 0 Å². The molecule has 38 valence electrons. The standard InChI is InChI=1S/C4H8OS.K.H/c1-3-6-4(2)5;;/h3H2,1-2H3;;. The summed E-state index contributed by atoms with van der Waals surface area (Å²) in [7, 11) is 0. The molecule has 0 saturated carbocycles. The van der Waals surface area contributed by atoms with E-state index in [9.17, 15) is 4.79 Å². The van der Waals surface area contributed by atoms with Crippen molar-refractivity contribution in [2.24, 2.45) is 0 Å². The Hall–Kier alpha value is 1.66. The van der Waals surface area contributed by atoms with E-state index in [2.05, 4.69) is 0 Å². The molecule has 0 fully saturated rings. The Kier molecular flexibility index (Phi) is 12.5. The number of hydrogen-bond acceptors (Lipinski definition) is 2. The topological polar surface area (TPSA) is 17.1 Å². The predicted octanol–water partition coefficient (Wildman–Crippen LogP) is 0.637. The second-order valence-electron chi connectivity index (χ2n) is 0.925. The van der Waals surface area contributed by atoms with Crippen LogP contribution in [0.2, 0.25) is 0 Å². The SMILES string of the molecule is CCSC(C)=O.[KH]. The van der Waals surface area contributed by atoms with Crippen LogP contribution in [0.15, 0.2) is 0 Å². The fourth-order valence-electron chi connectivity index (χ4n) is 0.203. The molecule has 0 atom stereocenters. The van der Waals surface area contributed by atoms with Gasteiger partial charge in [-0.1, -0.05) is 18.7 Å². The summed E-state index contributed by atoms with van der Waals surface area (Å²) in [6, 6.07) is 0. The quantitative estimate of drug-likeness (QED) is 0.502. The Morgan fingerprint density at radius 2 is 2.14 bits per heavy atom. The third-order valence-corrected chi connectivity index (χ3v) is 1.04. The van der Waals surface area contributed by atoms with Crippen molar-refractivity contribution in [3.63, 3.8) is 0 Å². The van der Waals surface area contributed by atoms with Gasteiger partial charge < -0.3 is 0 Å². The van der Waals surface area contributed by atoms with Crippen LogP contribution in [-0.2, 0) is 4.79 Å². The average Bonchev–Trinajstić information content (AvgIpc) is 1.35. The van der Waals surface area contributed by atoms with Gasteiger partial charge in [0.25, 0.3) is 0 Å². The summed E-state index contributed by atoms with van der Waals surface area (Å²) in [6.07, 6.45) is 0. The number of carbonyl (C=O) groups excluding carboxylic acids is 1. The average molecular weight is 144 g/mol. The van der Waals surface area contributed by atoms with Gasteiger partial charge in [-0.25, -0.2) is 0 Å². The first-order valence-electron chi connectivity index (χ1n) is 1.90. The molecule has 0 aliphatic heterocycles. The van der Waals surface area contributed by atoms with Crippen LogP contribution in [-0.4, -0.2) is 62.3 Å². The van der Waals surface area contributed by atoms with Crippen molar-refractivity contribution in [2.75, 3.05) is 5.75 Å². The number of carbonyl (C=O) groups is 1. The Bertz CT molecular complexity index is 55.7. The number of thioether (sulfide) groups is 1. The number of rotatable bonds is 1. The summed E-state index contributed by atoms with van der Waals surface area (Å²) >= 11 is 1.35. The molecule has 3 heteroatoms. The van der Waals surface area contributed by atoms with Crippen molar-refractivity contribution in [3.05, 3.63) is 0 Å². The molecule has 0 aliphatic carbocycles. The summed E-state index contributed by atoms with van der Waals surface area (Å²) in [6.45, 7) is 3.54. The van der Waals surface area contributed by atoms with E-state index in [1.807, 2.05) is 6.92 Å². The molecule has 7 heavy (non-hydrogen) atoms. The summed E-state index contributed by atoms with van der Waals surface area (Å²) in [5.74, 6) is 0.898. The fraction of sp³-hybridized carbons (Fsp3) is 0.750. The molecule has 0 unspecified atom stereocenters. The van der Waals surface area contributed by atoms with Gasteiger partial charge in [-0.15, -0.1) is 0 Å². The van der Waals surface area contributed by atoms with Gasteiger partial charge in [0.15, 0.2) is 5.12 Å². The first-order valence-corrected chi connectivity index (χ1v) is 2.89. The summed E-state index contributed by atoms with van der Waals surface area (Å²) in [5.41, 5.74) is 0. The van der Waals surface area contributed by atoms with E-state index < -0.39 is 0 Å². The van der Waals surface area contributed by atoms with Gasteiger partial charge in [0, 0.05) is 6.92 Å². The predicted molar refractivity (Wildman–Crippen MR) is 36.0 cm³/mol. The summed E-state index contributed by atoms with van der Waals surface area (Å²) in [4.78, 5) is 10.0. The van der Waals surface area contributed by atoms with Crippen LogP contribution in [0.3, 0.4) is 0 Å². The van der Waals surface area contributed by atoms with Crippen LogP contribution in [0.4, 0.5) is 0 Å². The van der Waals surface area contributed by atoms with Gasteiger partial charge in [0.1, 0.15) is 0 Å². The maximum absolute atomic E-state index is 10.0. The van der Waals surface area contributed by atoms with Gasteiger partial charge in [0.2, 0.25) is 0 Å². The molecule has 0 aromatic carbocycles. The summed E-state index contributed by atoms with van der Waals surface area (Å²) < 4.78 is 0. The second kappa shape index (κ2) is 7.66. The van der Waals surface area contributed by atoms with Crippen LogP contribution in [0.5, 0.6) is 0 Å². The first-order chi connectivity index (χ1) is 2.77.